The summed E-state index contributed by atoms with van der Waals surface area (Å²) in [4.78, 5) is 12.5. The highest BCUT2D eigenvalue weighted by atomic mass is 16.7. The van der Waals surface area contributed by atoms with Crippen molar-refractivity contribution in [1.82, 2.24) is 0 Å². The predicted molar refractivity (Wildman–Crippen MR) is 106 cm³/mol. The van der Waals surface area contributed by atoms with Crippen LogP contribution in [0.3, 0.4) is 0 Å². The minimum Gasteiger partial charge on any atom is -0.502 e. The summed E-state index contributed by atoms with van der Waals surface area (Å²) >= 11 is 0. The van der Waals surface area contributed by atoms with Crippen LogP contribution in [0.25, 0.3) is 0 Å². The average Bonchev–Trinajstić information content (AvgIpc) is 3.36. The van der Waals surface area contributed by atoms with Gasteiger partial charge in [-0.05, 0) is 48.2 Å². The summed E-state index contributed by atoms with van der Waals surface area (Å²) in [5.74, 6) is 1.78. The summed E-state index contributed by atoms with van der Waals surface area (Å²) in [5, 5.41) is 10.1. The molecule has 1 N–H and O–H groups in total. The quantitative estimate of drug-likeness (QED) is 0.689. The molecule has 2 aromatic rings. The number of ether oxygens (including phenoxy) is 6. The van der Waals surface area contributed by atoms with Gasteiger partial charge < -0.3 is 33.5 Å². The van der Waals surface area contributed by atoms with E-state index in [-0.39, 0.29) is 30.3 Å². The molecule has 2 aromatic carbocycles. The number of hydrogen-bond donors (Lipinski definition) is 1. The van der Waals surface area contributed by atoms with Gasteiger partial charge in [0.05, 0.1) is 33.9 Å². The van der Waals surface area contributed by atoms with E-state index in [1.807, 2.05) is 12.1 Å². The number of carbonyl (C=O) groups excluding carboxylic acids is 1. The maximum absolute atomic E-state index is 12.5. The first-order valence-corrected chi connectivity index (χ1v) is 9.61. The number of phenolic OH excluding ortho intramolecular Hbond substituents is 1. The Morgan fingerprint density at radius 3 is 2.20 bits per heavy atom. The monoisotopic (exact) mass is 416 g/mol. The van der Waals surface area contributed by atoms with E-state index >= 15 is 0 Å². The van der Waals surface area contributed by atoms with E-state index in [2.05, 4.69) is 0 Å². The fourth-order valence-corrected chi connectivity index (χ4v) is 3.98. The molecule has 8 nitrogen and oxygen atoms in total. The van der Waals surface area contributed by atoms with Crippen molar-refractivity contribution in [3.05, 3.63) is 35.4 Å². The molecule has 2 aliphatic rings. The van der Waals surface area contributed by atoms with Crippen LogP contribution >= 0.6 is 0 Å². The van der Waals surface area contributed by atoms with Gasteiger partial charge in [-0.15, -0.1) is 0 Å². The number of phenols is 1. The van der Waals surface area contributed by atoms with Crippen LogP contribution < -0.4 is 23.7 Å². The van der Waals surface area contributed by atoms with Crippen molar-refractivity contribution >= 4 is 5.97 Å². The van der Waals surface area contributed by atoms with Gasteiger partial charge in [0.15, 0.2) is 23.0 Å². The van der Waals surface area contributed by atoms with Crippen molar-refractivity contribution in [3.63, 3.8) is 0 Å². The van der Waals surface area contributed by atoms with Crippen LogP contribution in [0, 0.1) is 11.8 Å². The lowest BCUT2D eigenvalue weighted by atomic mass is 9.85. The Labute approximate surface area is 174 Å². The lowest BCUT2D eigenvalue weighted by Crippen LogP contribution is -2.20. The maximum Gasteiger partial charge on any atom is 0.309 e. The van der Waals surface area contributed by atoms with Crippen LogP contribution in [0.15, 0.2) is 24.3 Å². The predicted octanol–water partition coefficient (Wildman–Crippen LogP) is 2.72. The van der Waals surface area contributed by atoms with Crippen molar-refractivity contribution in [2.75, 3.05) is 34.7 Å². The van der Waals surface area contributed by atoms with Gasteiger partial charge in [0.1, 0.15) is 0 Å². The minimum absolute atomic E-state index is 0.0200. The third kappa shape index (κ3) is 3.65. The molecule has 0 aliphatic carbocycles. The average molecular weight is 416 g/mol. The molecule has 2 heterocycles. The van der Waals surface area contributed by atoms with Gasteiger partial charge in [0.2, 0.25) is 18.3 Å². The van der Waals surface area contributed by atoms with Crippen molar-refractivity contribution in [2.24, 2.45) is 11.8 Å². The lowest BCUT2D eigenvalue weighted by molar-refractivity contribution is -0.141. The Balaban J connectivity index is 1.57. The number of benzene rings is 2. The molecule has 0 saturated carbocycles. The highest BCUT2D eigenvalue weighted by molar-refractivity contribution is 5.75. The highest BCUT2D eigenvalue weighted by Gasteiger charge is 2.37. The second kappa shape index (κ2) is 8.22. The number of fused-ring (bicyclic) bond motifs is 1. The van der Waals surface area contributed by atoms with E-state index < -0.39 is 0 Å². The van der Waals surface area contributed by atoms with Crippen LogP contribution in [-0.2, 0) is 22.4 Å². The number of esters is 1. The number of aromatic hydroxyl groups is 1. The first-order valence-electron chi connectivity index (χ1n) is 9.61. The lowest BCUT2D eigenvalue weighted by Gasteiger charge is -2.18. The summed E-state index contributed by atoms with van der Waals surface area (Å²) in [6.45, 7) is 0.500. The molecule has 4 rings (SSSR count). The van der Waals surface area contributed by atoms with Gasteiger partial charge in [0, 0.05) is 5.92 Å². The van der Waals surface area contributed by atoms with E-state index in [1.165, 1.54) is 14.2 Å². The summed E-state index contributed by atoms with van der Waals surface area (Å²) in [7, 11) is 4.52. The summed E-state index contributed by atoms with van der Waals surface area (Å²) < 4.78 is 32.2. The third-order valence-electron chi connectivity index (χ3n) is 5.52. The van der Waals surface area contributed by atoms with Gasteiger partial charge >= 0.3 is 5.97 Å². The summed E-state index contributed by atoms with van der Waals surface area (Å²) in [6, 6.07) is 7.24. The van der Waals surface area contributed by atoms with E-state index in [0.717, 1.165) is 11.1 Å². The fraction of sp³-hybridized carbons (Fsp3) is 0.409. The highest BCUT2D eigenvalue weighted by Crippen LogP contribution is 2.43. The largest absolute Gasteiger partial charge is 0.502 e. The molecule has 30 heavy (non-hydrogen) atoms. The van der Waals surface area contributed by atoms with Crippen molar-refractivity contribution in [1.29, 1.82) is 0 Å². The molecule has 2 atom stereocenters. The molecule has 160 valence electrons. The molecule has 0 aromatic heterocycles. The van der Waals surface area contributed by atoms with Crippen LogP contribution in [0.2, 0.25) is 0 Å². The second-order valence-corrected chi connectivity index (χ2v) is 7.29. The zero-order chi connectivity index (χ0) is 21.3. The topological polar surface area (TPSA) is 92.7 Å². The van der Waals surface area contributed by atoms with E-state index in [1.54, 1.807) is 19.2 Å². The molecule has 8 heteroatoms. The van der Waals surface area contributed by atoms with Crippen LogP contribution in [-0.4, -0.2) is 45.8 Å². The molecule has 0 amide bonds. The zero-order valence-corrected chi connectivity index (χ0v) is 17.1. The molecular formula is C22H24O8. The molecule has 1 fully saturated rings. The van der Waals surface area contributed by atoms with E-state index in [9.17, 15) is 9.90 Å². The molecule has 0 bridgehead atoms. The van der Waals surface area contributed by atoms with Crippen molar-refractivity contribution < 1.29 is 38.3 Å². The molecular weight excluding hydrogens is 392 g/mol. The Morgan fingerprint density at radius 2 is 1.53 bits per heavy atom. The SMILES string of the molecule is COc1cc(C[C@@H]2C(=O)OC[C@H]2Cc2cc(OC)c3c(c2)OCO3)cc(OC)c1O. The molecule has 0 spiro atoms. The van der Waals surface area contributed by atoms with Gasteiger partial charge in [0.25, 0.3) is 0 Å². The fourth-order valence-electron chi connectivity index (χ4n) is 3.98. The van der Waals surface area contributed by atoms with Gasteiger partial charge in [-0.3, -0.25) is 4.79 Å². The molecule has 0 radical (unpaired) electrons. The standard InChI is InChI=1S/C22H24O8/c1-25-16-6-13(7-17(26-2)20(16)23)5-15-14(10-28-22(15)24)4-12-8-18(27-3)21-19(9-12)29-11-30-21/h6-9,14-15,23H,4-5,10-11H2,1-3H3/t14-,15+/m1/s1. The van der Waals surface area contributed by atoms with Crippen LogP contribution in [0.1, 0.15) is 11.1 Å². The van der Waals surface area contributed by atoms with Gasteiger partial charge in [-0.1, -0.05) is 0 Å². The van der Waals surface area contributed by atoms with Crippen molar-refractivity contribution in [2.45, 2.75) is 12.8 Å². The Kier molecular flexibility index (Phi) is 5.48. The molecule has 1 saturated heterocycles. The van der Waals surface area contributed by atoms with Gasteiger partial charge in [-0.2, -0.15) is 0 Å². The number of rotatable bonds is 7. The third-order valence-corrected chi connectivity index (χ3v) is 5.52. The van der Waals surface area contributed by atoms with Gasteiger partial charge in [-0.25, -0.2) is 0 Å². The molecule has 0 unspecified atom stereocenters. The van der Waals surface area contributed by atoms with Crippen LogP contribution in [0.5, 0.6) is 34.5 Å². The first kappa shape index (κ1) is 20.0. The van der Waals surface area contributed by atoms with Crippen LogP contribution in [0.4, 0.5) is 0 Å². The second-order valence-electron chi connectivity index (χ2n) is 7.29. The maximum atomic E-state index is 12.5. The normalized spacial score (nSPS) is 19.5. The summed E-state index contributed by atoms with van der Waals surface area (Å²) in [6.07, 6.45) is 1.06. The first-order chi connectivity index (χ1) is 14.5. The minimum atomic E-state index is -0.333. The molecule has 2 aliphatic heterocycles. The Hall–Kier alpha value is -3.29. The van der Waals surface area contributed by atoms with Crippen molar-refractivity contribution in [3.8, 4) is 34.5 Å². The Bertz CT molecular complexity index is 929. The number of cyclic esters (lactones) is 1. The summed E-state index contributed by atoms with van der Waals surface area (Å²) in [5.41, 5.74) is 1.80. The number of hydrogen-bond acceptors (Lipinski definition) is 8. The number of methoxy groups -OCH3 is 3. The van der Waals surface area contributed by atoms with E-state index in [4.69, 9.17) is 28.4 Å². The zero-order valence-electron chi connectivity index (χ0n) is 17.1. The smallest absolute Gasteiger partial charge is 0.309 e. The number of carbonyl (C=O) groups is 1. The van der Waals surface area contributed by atoms with E-state index in [0.29, 0.717) is 48.2 Å². The Morgan fingerprint density at radius 1 is 0.900 bits per heavy atom.